The Bertz CT molecular complexity index is 845. The molecule has 3 rings (SSSR count). The fourth-order valence-electron chi connectivity index (χ4n) is 4.96. The highest BCUT2D eigenvalue weighted by atomic mass is 28.5. The molecule has 0 spiro atoms. The van der Waals surface area contributed by atoms with Gasteiger partial charge < -0.3 is 22.8 Å². The van der Waals surface area contributed by atoms with Gasteiger partial charge in [-0.3, -0.25) is 9.67 Å². The van der Waals surface area contributed by atoms with E-state index in [0.717, 1.165) is 4.57 Å². The number of aromatic nitrogens is 2. The molecule has 0 amide bonds. The number of aliphatic hydroxyl groups is 1. The van der Waals surface area contributed by atoms with Crippen molar-refractivity contribution in [2.45, 2.75) is 102 Å². The second-order valence-corrected chi connectivity index (χ2v) is 18.9. The first-order valence-electron chi connectivity index (χ1n) is 11.5. The summed E-state index contributed by atoms with van der Waals surface area (Å²) in [5.74, 6) is -0.631. The van der Waals surface area contributed by atoms with Crippen molar-refractivity contribution in [3.63, 3.8) is 0 Å². The number of hydrogen-bond donors (Lipinski definition) is 1. The molecule has 4 unspecified atom stereocenters. The number of nitrogens with zero attached hydrogens (tertiary/aromatic N) is 2. The molecule has 1 aromatic heterocycles. The van der Waals surface area contributed by atoms with Crippen LogP contribution in [0.1, 0.15) is 61.6 Å². The van der Waals surface area contributed by atoms with Crippen molar-refractivity contribution in [3.8, 4) is 5.88 Å². The van der Waals surface area contributed by atoms with Crippen LogP contribution >= 0.6 is 0 Å². The molecule has 3 heterocycles. The number of fused-ring (bicyclic) bond motifs is 1. The van der Waals surface area contributed by atoms with E-state index >= 15 is 0 Å². The Labute approximate surface area is 192 Å². The summed E-state index contributed by atoms with van der Waals surface area (Å²) in [5, 5.41) is 22.6. The molecule has 4 atom stereocenters. The Morgan fingerprint density at radius 1 is 1.03 bits per heavy atom. The van der Waals surface area contributed by atoms with Gasteiger partial charge >= 0.3 is 22.8 Å². The van der Waals surface area contributed by atoms with Crippen LogP contribution in [0.4, 0.5) is 0 Å². The highest BCUT2D eigenvalue weighted by Gasteiger charge is 2.61. The summed E-state index contributed by atoms with van der Waals surface area (Å²) >= 11 is 0. The molecule has 2 saturated heterocycles. The van der Waals surface area contributed by atoms with E-state index in [-0.39, 0.29) is 28.8 Å². The molecule has 9 nitrogen and oxygen atoms in total. The van der Waals surface area contributed by atoms with Gasteiger partial charge in [0.2, 0.25) is 0 Å². The lowest BCUT2D eigenvalue weighted by atomic mass is 10.1. The summed E-state index contributed by atoms with van der Waals surface area (Å²) in [4.78, 5) is 15.8. The van der Waals surface area contributed by atoms with E-state index in [2.05, 4.69) is 60.4 Å². The topological polar surface area (TPSA) is 112 Å². The lowest BCUT2D eigenvalue weighted by molar-refractivity contribution is -0.0601. The molecule has 0 saturated carbocycles. The lowest BCUT2D eigenvalue weighted by Crippen LogP contribution is -2.65. The van der Waals surface area contributed by atoms with E-state index in [0.29, 0.717) is 0 Å². The van der Waals surface area contributed by atoms with E-state index < -0.39 is 53.2 Å². The van der Waals surface area contributed by atoms with Gasteiger partial charge in [-0.2, -0.15) is 4.98 Å². The minimum Gasteiger partial charge on any atom is -0.414 e. The maximum Gasteiger partial charge on any atom is 0.353 e. The third kappa shape index (κ3) is 4.24. The summed E-state index contributed by atoms with van der Waals surface area (Å²) < 4.78 is 27.8. The van der Waals surface area contributed by atoms with E-state index in [1.54, 1.807) is 0 Å². The van der Waals surface area contributed by atoms with Crippen molar-refractivity contribution >= 4 is 17.1 Å². The zero-order valence-electron chi connectivity index (χ0n) is 20.3. The zero-order valence-corrected chi connectivity index (χ0v) is 22.3. The standard InChI is InChI=1S/C21H37N2O7Si2/c1-12(2)31(13(3)4)27-11-16-19(29-32(30-31,14(5)6)15(7)8)18(25)20(28-16)23-10-9-17(24)22-21(23)26/h9-10,12-16,18-20,25H,11H2,1-8H3. The highest BCUT2D eigenvalue weighted by Crippen LogP contribution is 2.48. The van der Waals surface area contributed by atoms with Crippen LogP contribution in [0.15, 0.2) is 17.1 Å². The third-order valence-corrected chi connectivity index (χ3v) is 17.0. The molecule has 1 N–H and O–H groups in total. The molecule has 0 bridgehead atoms. The van der Waals surface area contributed by atoms with Crippen molar-refractivity contribution < 1.29 is 27.9 Å². The molecule has 181 valence electrons. The molecule has 1 radical (unpaired) electrons. The predicted octanol–water partition coefficient (Wildman–Crippen LogP) is 3.60. The number of hydrogen-bond acceptors (Lipinski definition) is 7. The fourth-order valence-corrected chi connectivity index (χ4v) is 16.2. The van der Waals surface area contributed by atoms with Crippen LogP contribution in [0.25, 0.3) is 0 Å². The Balaban J connectivity index is 2.07. The Morgan fingerprint density at radius 2 is 1.59 bits per heavy atom. The minimum absolute atomic E-state index is 0.101. The summed E-state index contributed by atoms with van der Waals surface area (Å²) in [6.45, 7) is 17.1. The Kier molecular flexibility index (Phi) is 7.40. The van der Waals surface area contributed by atoms with Gasteiger partial charge in [0.15, 0.2) is 6.23 Å². The summed E-state index contributed by atoms with van der Waals surface area (Å²) in [7, 11) is -5.65. The molecule has 2 aliphatic rings. The average molecular weight is 486 g/mol. The maximum absolute atomic E-state index is 12.3. The van der Waals surface area contributed by atoms with Crippen molar-refractivity contribution in [2.24, 2.45) is 0 Å². The SMILES string of the molecule is CC(C)[Si]1(C(C)C)OCC2OC(n3ccc([O])nc3=O)C(O)C2O[Si](C(C)C)(C(C)C)O1. The molecule has 11 heteroatoms. The van der Waals surface area contributed by atoms with Gasteiger partial charge in [0.05, 0.1) is 6.61 Å². The zero-order chi connectivity index (χ0) is 24.0. The van der Waals surface area contributed by atoms with Gasteiger partial charge in [-0.25, -0.2) is 4.79 Å². The van der Waals surface area contributed by atoms with Crippen LogP contribution in [0, 0.1) is 0 Å². The van der Waals surface area contributed by atoms with Crippen LogP contribution in [0.5, 0.6) is 5.88 Å². The summed E-state index contributed by atoms with van der Waals surface area (Å²) in [5.41, 5.74) is -0.192. The Hall–Kier alpha value is -1.09. The summed E-state index contributed by atoms with van der Waals surface area (Å²) in [6, 6.07) is 1.18. The van der Waals surface area contributed by atoms with Crippen LogP contribution in [0.2, 0.25) is 22.2 Å². The van der Waals surface area contributed by atoms with Gasteiger partial charge in [0.1, 0.15) is 18.3 Å². The largest absolute Gasteiger partial charge is 0.414 e. The normalized spacial score (nSPS) is 30.0. The maximum atomic E-state index is 12.3. The predicted molar refractivity (Wildman–Crippen MR) is 122 cm³/mol. The van der Waals surface area contributed by atoms with E-state index in [1.165, 1.54) is 12.3 Å². The lowest BCUT2D eigenvalue weighted by Gasteiger charge is -2.51. The van der Waals surface area contributed by atoms with E-state index in [4.69, 9.17) is 17.7 Å². The van der Waals surface area contributed by atoms with Crippen molar-refractivity contribution in [1.29, 1.82) is 0 Å². The molecule has 0 aliphatic carbocycles. The molecular formula is C21H37N2O7Si2. The highest BCUT2D eigenvalue weighted by molar-refractivity contribution is 6.83. The van der Waals surface area contributed by atoms with Gasteiger partial charge in [-0.05, 0) is 22.2 Å². The Morgan fingerprint density at radius 3 is 2.09 bits per heavy atom. The van der Waals surface area contributed by atoms with Crippen molar-refractivity contribution in [1.82, 2.24) is 9.55 Å². The van der Waals surface area contributed by atoms with Crippen LogP contribution in [-0.2, 0) is 22.8 Å². The molecule has 0 aromatic carbocycles. The van der Waals surface area contributed by atoms with Crippen molar-refractivity contribution in [2.75, 3.05) is 6.61 Å². The van der Waals surface area contributed by atoms with E-state index in [1.807, 2.05) is 0 Å². The quantitative estimate of drug-likeness (QED) is 0.634. The van der Waals surface area contributed by atoms with Gasteiger partial charge in [0, 0.05) is 12.3 Å². The number of rotatable bonds is 5. The molecular weight excluding hydrogens is 448 g/mol. The monoisotopic (exact) mass is 485 g/mol. The molecule has 2 aliphatic heterocycles. The first-order chi connectivity index (χ1) is 14.9. The average Bonchev–Trinajstić information content (AvgIpc) is 2.96. The van der Waals surface area contributed by atoms with Crippen molar-refractivity contribution in [3.05, 3.63) is 22.7 Å². The second kappa shape index (κ2) is 9.28. The fraction of sp³-hybridized carbons (Fsp3) is 0.810. The van der Waals surface area contributed by atoms with E-state index in [9.17, 15) is 15.0 Å². The van der Waals surface area contributed by atoms with Gasteiger partial charge in [-0.15, -0.1) is 0 Å². The molecule has 2 fully saturated rings. The van der Waals surface area contributed by atoms with Crippen LogP contribution < -0.4 is 5.69 Å². The smallest absolute Gasteiger partial charge is 0.353 e. The second-order valence-electron chi connectivity index (χ2n) is 10.1. The van der Waals surface area contributed by atoms with Gasteiger partial charge in [-0.1, -0.05) is 55.4 Å². The van der Waals surface area contributed by atoms with Crippen LogP contribution in [0.3, 0.4) is 0 Å². The third-order valence-electron chi connectivity index (χ3n) is 6.72. The first kappa shape index (κ1) is 25.5. The summed E-state index contributed by atoms with van der Waals surface area (Å²) in [6.07, 6.45) is -2.15. The molecule has 32 heavy (non-hydrogen) atoms. The molecule has 1 aromatic rings. The van der Waals surface area contributed by atoms with Crippen LogP contribution in [-0.4, -0.2) is 56.7 Å². The number of ether oxygens (including phenoxy) is 1. The first-order valence-corrected chi connectivity index (χ1v) is 15.4. The number of aliphatic hydroxyl groups excluding tert-OH is 1. The minimum atomic E-state index is -2.92. The van der Waals surface area contributed by atoms with Gasteiger partial charge in [0.25, 0.3) is 5.88 Å².